The Labute approximate surface area is 214 Å². The first-order valence-corrected chi connectivity index (χ1v) is 11.0. The maximum atomic E-state index is 13.3. The van der Waals surface area contributed by atoms with Gasteiger partial charge in [0.25, 0.3) is 0 Å². The van der Waals surface area contributed by atoms with Gasteiger partial charge >= 0.3 is 11.9 Å². The molecule has 11 nitrogen and oxygen atoms in total. The van der Waals surface area contributed by atoms with E-state index in [-0.39, 0.29) is 28.4 Å². The smallest absolute Gasteiger partial charge is 0.338 e. The van der Waals surface area contributed by atoms with E-state index in [9.17, 15) is 14.7 Å². The second-order valence-electron chi connectivity index (χ2n) is 7.80. The molecule has 0 spiro atoms. The van der Waals surface area contributed by atoms with Crippen molar-refractivity contribution in [1.82, 2.24) is 0 Å². The SMILES string of the molecule is COC(=O)C1=C(O)c2cc(OC)c(OC)c(OC)c2[C@H](c2cc(OC)c(OC)c(OC)c2)[C@@H]1C(=O)OC. The summed E-state index contributed by atoms with van der Waals surface area (Å²) in [5, 5.41) is 11.3. The van der Waals surface area contributed by atoms with E-state index in [4.69, 9.17) is 37.9 Å². The number of benzene rings is 2. The lowest BCUT2D eigenvalue weighted by Gasteiger charge is -2.35. The summed E-state index contributed by atoms with van der Waals surface area (Å²) < 4.78 is 43.3. The average molecular weight is 519 g/mol. The van der Waals surface area contributed by atoms with Crippen LogP contribution in [0.1, 0.15) is 22.6 Å². The minimum Gasteiger partial charge on any atom is -0.507 e. The van der Waals surface area contributed by atoms with E-state index in [0.717, 1.165) is 7.11 Å². The molecular formula is C26H30O11. The summed E-state index contributed by atoms with van der Waals surface area (Å²) in [4.78, 5) is 26.3. The van der Waals surface area contributed by atoms with Crippen LogP contribution < -0.4 is 28.4 Å². The van der Waals surface area contributed by atoms with Gasteiger partial charge in [-0.1, -0.05) is 0 Å². The maximum absolute atomic E-state index is 13.3. The lowest BCUT2D eigenvalue weighted by atomic mass is 9.70. The third-order valence-electron chi connectivity index (χ3n) is 6.24. The van der Waals surface area contributed by atoms with Crippen LogP contribution in [0.2, 0.25) is 0 Å². The molecule has 11 heteroatoms. The van der Waals surface area contributed by atoms with Crippen LogP contribution in [0.3, 0.4) is 0 Å². The minimum absolute atomic E-state index is 0.175. The molecule has 0 aromatic heterocycles. The van der Waals surface area contributed by atoms with Gasteiger partial charge in [0.1, 0.15) is 11.7 Å². The summed E-state index contributed by atoms with van der Waals surface area (Å²) in [6.45, 7) is 0. The van der Waals surface area contributed by atoms with Crippen molar-refractivity contribution in [3.63, 3.8) is 0 Å². The highest BCUT2D eigenvalue weighted by Gasteiger charge is 2.48. The number of hydrogen-bond donors (Lipinski definition) is 1. The zero-order chi connectivity index (χ0) is 27.4. The van der Waals surface area contributed by atoms with Gasteiger partial charge in [-0.15, -0.1) is 0 Å². The van der Waals surface area contributed by atoms with Gasteiger partial charge in [-0.2, -0.15) is 0 Å². The Hall–Kier alpha value is -4.28. The van der Waals surface area contributed by atoms with Crippen LogP contribution >= 0.6 is 0 Å². The molecular weight excluding hydrogens is 488 g/mol. The highest BCUT2D eigenvalue weighted by atomic mass is 16.5. The van der Waals surface area contributed by atoms with E-state index in [2.05, 4.69) is 0 Å². The molecule has 0 bridgehead atoms. The van der Waals surface area contributed by atoms with Crippen LogP contribution in [0.15, 0.2) is 23.8 Å². The van der Waals surface area contributed by atoms with E-state index in [0.29, 0.717) is 28.4 Å². The largest absolute Gasteiger partial charge is 0.507 e. The topological polar surface area (TPSA) is 128 Å². The number of hydrogen-bond acceptors (Lipinski definition) is 11. The molecule has 0 heterocycles. The number of carbonyl (C=O) groups excluding carboxylic acids is 2. The lowest BCUT2D eigenvalue weighted by molar-refractivity contribution is -0.148. The van der Waals surface area contributed by atoms with Gasteiger partial charge in [-0.3, -0.25) is 4.79 Å². The summed E-state index contributed by atoms with van der Waals surface area (Å²) in [7, 11) is 11.0. The second-order valence-corrected chi connectivity index (χ2v) is 7.80. The van der Waals surface area contributed by atoms with Crippen molar-refractivity contribution >= 4 is 17.7 Å². The van der Waals surface area contributed by atoms with Crippen LogP contribution in [0, 0.1) is 5.92 Å². The molecule has 0 amide bonds. The van der Waals surface area contributed by atoms with Crippen molar-refractivity contribution in [3.05, 3.63) is 40.5 Å². The van der Waals surface area contributed by atoms with Crippen molar-refractivity contribution in [1.29, 1.82) is 0 Å². The van der Waals surface area contributed by atoms with Gasteiger partial charge in [0.05, 0.1) is 62.5 Å². The van der Waals surface area contributed by atoms with Gasteiger partial charge in [0, 0.05) is 17.0 Å². The molecule has 0 fully saturated rings. The summed E-state index contributed by atoms with van der Waals surface area (Å²) >= 11 is 0. The number of methoxy groups -OCH3 is 8. The van der Waals surface area contributed by atoms with Gasteiger partial charge in [0.15, 0.2) is 23.0 Å². The second kappa shape index (κ2) is 11.2. The van der Waals surface area contributed by atoms with Gasteiger partial charge in [0.2, 0.25) is 11.5 Å². The molecule has 0 radical (unpaired) electrons. The Morgan fingerprint density at radius 3 is 1.62 bits per heavy atom. The first kappa shape index (κ1) is 27.3. The Balaban J connectivity index is 2.57. The minimum atomic E-state index is -1.35. The number of ether oxygens (including phenoxy) is 8. The Morgan fingerprint density at radius 1 is 0.676 bits per heavy atom. The standard InChI is InChI=1S/C26H30O11/c1-30-14-9-12(10-15(31-2)22(14)33-4)17-18-13(11-16(32-3)23(34-5)24(18)35-6)21(27)20(26(29)37-8)19(17)25(28)36-7/h9-11,17,19,27H,1-8H3/t17-,19-/m0/s1. The molecule has 0 aliphatic heterocycles. The lowest BCUT2D eigenvalue weighted by Crippen LogP contribution is -2.34. The van der Waals surface area contributed by atoms with Crippen molar-refractivity contribution in [2.45, 2.75) is 5.92 Å². The molecule has 2 atom stereocenters. The van der Waals surface area contributed by atoms with Crippen LogP contribution in [-0.4, -0.2) is 73.9 Å². The Kier molecular flexibility index (Phi) is 8.26. The zero-order valence-electron chi connectivity index (χ0n) is 21.9. The van der Waals surface area contributed by atoms with Crippen molar-refractivity contribution in [2.24, 2.45) is 5.92 Å². The molecule has 1 aliphatic carbocycles. The molecule has 2 aromatic carbocycles. The van der Waals surface area contributed by atoms with Crippen molar-refractivity contribution in [2.75, 3.05) is 56.9 Å². The Bertz CT molecular complexity index is 1210. The normalized spacial score (nSPS) is 16.3. The third-order valence-corrected chi connectivity index (χ3v) is 6.24. The molecule has 1 N–H and O–H groups in total. The van der Waals surface area contributed by atoms with Crippen LogP contribution in [0.5, 0.6) is 34.5 Å². The van der Waals surface area contributed by atoms with E-state index in [1.54, 1.807) is 12.1 Å². The van der Waals surface area contributed by atoms with Gasteiger partial charge in [-0.05, 0) is 23.8 Å². The van der Waals surface area contributed by atoms with Crippen molar-refractivity contribution < 1.29 is 52.6 Å². The summed E-state index contributed by atoms with van der Waals surface area (Å²) in [6.07, 6.45) is 0. The van der Waals surface area contributed by atoms with E-state index in [1.807, 2.05) is 0 Å². The zero-order valence-corrected chi connectivity index (χ0v) is 21.9. The van der Waals surface area contributed by atoms with E-state index >= 15 is 0 Å². The number of fused-ring (bicyclic) bond motifs is 1. The fourth-order valence-electron chi connectivity index (χ4n) is 4.66. The molecule has 200 valence electrons. The van der Waals surface area contributed by atoms with E-state index in [1.165, 1.54) is 55.8 Å². The summed E-state index contributed by atoms with van der Waals surface area (Å²) in [5.41, 5.74) is 0.684. The molecule has 2 aromatic rings. The number of rotatable bonds is 9. The van der Waals surface area contributed by atoms with Gasteiger partial charge in [-0.25, -0.2) is 4.79 Å². The predicted octanol–water partition coefficient (Wildman–Crippen LogP) is 3.12. The van der Waals surface area contributed by atoms with Gasteiger partial charge < -0.3 is 43.0 Å². The van der Waals surface area contributed by atoms with Crippen LogP contribution in [0.4, 0.5) is 0 Å². The number of esters is 2. The highest BCUT2D eigenvalue weighted by molar-refractivity contribution is 6.04. The molecule has 0 unspecified atom stereocenters. The van der Waals surface area contributed by atoms with Crippen molar-refractivity contribution in [3.8, 4) is 34.5 Å². The number of carbonyl (C=O) groups is 2. The number of aliphatic hydroxyl groups is 1. The molecule has 1 aliphatic rings. The summed E-state index contributed by atoms with van der Waals surface area (Å²) in [5.74, 6) is -2.94. The first-order valence-electron chi connectivity index (χ1n) is 11.0. The molecule has 0 saturated heterocycles. The number of aliphatic hydroxyl groups excluding tert-OH is 1. The molecule has 37 heavy (non-hydrogen) atoms. The maximum Gasteiger partial charge on any atom is 0.338 e. The van der Waals surface area contributed by atoms with Crippen LogP contribution in [0.25, 0.3) is 5.76 Å². The predicted molar refractivity (Wildman–Crippen MR) is 131 cm³/mol. The Morgan fingerprint density at radius 2 is 1.19 bits per heavy atom. The molecule has 0 saturated carbocycles. The fraction of sp³-hybridized carbons (Fsp3) is 0.385. The highest BCUT2D eigenvalue weighted by Crippen LogP contribution is 2.56. The van der Waals surface area contributed by atoms with Crippen LogP contribution in [-0.2, 0) is 19.1 Å². The summed E-state index contributed by atoms with van der Waals surface area (Å²) in [6, 6.07) is 4.77. The quantitative estimate of drug-likeness (QED) is 0.492. The van der Waals surface area contributed by atoms with E-state index < -0.39 is 29.5 Å². The average Bonchev–Trinajstić information content (AvgIpc) is 2.93. The third kappa shape index (κ3) is 4.41. The fourth-order valence-corrected chi connectivity index (χ4v) is 4.66. The monoisotopic (exact) mass is 518 g/mol. The first-order chi connectivity index (χ1) is 17.8. The molecule has 3 rings (SSSR count).